The van der Waals surface area contributed by atoms with Crippen LogP contribution in [0.4, 0.5) is 0 Å². The smallest absolute Gasteiger partial charge is 0.188 e. The summed E-state index contributed by atoms with van der Waals surface area (Å²) in [6.07, 6.45) is 8.28. The maximum Gasteiger partial charge on any atom is 0.188 e. The maximum atomic E-state index is 11.5. The van der Waals surface area contributed by atoms with E-state index in [1.165, 1.54) is 38.1 Å². The Morgan fingerprint density at radius 3 is 2.38 bits per heavy atom. The van der Waals surface area contributed by atoms with Gasteiger partial charge < -0.3 is 0 Å². The van der Waals surface area contributed by atoms with Crippen molar-refractivity contribution < 1.29 is 4.79 Å². The molecule has 0 radical (unpaired) electrons. The topological polar surface area (TPSA) is 17.1 Å². The highest BCUT2D eigenvalue weighted by atomic mass is 32.2. The molecule has 0 bridgehead atoms. The lowest BCUT2D eigenvalue weighted by molar-refractivity contribution is -0.111. The summed E-state index contributed by atoms with van der Waals surface area (Å²) in [5.74, 6) is 1.05. The Labute approximate surface area is 107 Å². The fraction of sp³-hybridized carbons (Fsp3) is 0.923. The molecule has 0 aliphatic heterocycles. The summed E-state index contributed by atoms with van der Waals surface area (Å²) < 4.78 is 0. The van der Waals surface area contributed by atoms with Crippen LogP contribution in [-0.4, -0.2) is 19.7 Å². The number of carbonyl (C=O) groups excluding carboxylic acids is 1. The minimum absolute atomic E-state index is 0.394. The molecule has 0 fully saturated rings. The Morgan fingerprint density at radius 2 is 1.75 bits per heavy atom. The predicted octanol–water partition coefficient (Wildman–Crippen LogP) is 4.48. The van der Waals surface area contributed by atoms with Crippen molar-refractivity contribution in [3.05, 3.63) is 0 Å². The van der Waals surface area contributed by atoms with Crippen LogP contribution in [0.25, 0.3) is 0 Å². The predicted molar refractivity (Wildman–Crippen MR) is 79.1 cm³/mol. The van der Waals surface area contributed by atoms with Crippen LogP contribution in [0.15, 0.2) is 0 Å². The molecule has 0 unspecified atom stereocenters. The lowest BCUT2D eigenvalue weighted by Gasteiger charge is -2.03. The van der Waals surface area contributed by atoms with E-state index >= 15 is 0 Å². The zero-order valence-electron chi connectivity index (χ0n) is 11.3. The Morgan fingerprint density at radius 1 is 1.06 bits per heavy atom. The minimum atomic E-state index is -0.394. The first kappa shape index (κ1) is 16.2. The highest BCUT2D eigenvalue weighted by Gasteiger charge is 2.03. The molecule has 0 saturated carbocycles. The number of hydrogen-bond acceptors (Lipinski definition) is 2. The molecule has 0 heterocycles. The molecule has 0 spiro atoms. The fourth-order valence-corrected chi connectivity index (χ4v) is 3.77. The van der Waals surface area contributed by atoms with Crippen LogP contribution >= 0.6 is 11.8 Å². The molecule has 0 aliphatic carbocycles. The lowest BCUT2D eigenvalue weighted by atomic mass is 10.1. The third-order valence-corrected chi connectivity index (χ3v) is 5.26. The van der Waals surface area contributed by atoms with Gasteiger partial charge >= 0.3 is 0 Å². The molecular formula is C13H28OSSi. The third-order valence-electron chi connectivity index (χ3n) is 2.67. The van der Waals surface area contributed by atoms with E-state index in [0.717, 1.165) is 18.6 Å². The summed E-state index contributed by atoms with van der Waals surface area (Å²) in [7, 11) is -0.394. The van der Waals surface area contributed by atoms with Gasteiger partial charge in [0.1, 0.15) is 0 Å². The van der Waals surface area contributed by atoms with Gasteiger partial charge in [0.2, 0.25) is 0 Å². The average Bonchev–Trinajstić information content (AvgIpc) is 2.24. The van der Waals surface area contributed by atoms with E-state index in [9.17, 15) is 4.79 Å². The van der Waals surface area contributed by atoms with E-state index in [-0.39, 0.29) is 0 Å². The van der Waals surface area contributed by atoms with Gasteiger partial charge in [0.15, 0.2) is 5.12 Å². The first-order valence-corrected chi connectivity index (χ1v) is 10.9. The standard InChI is InChI=1S/C13H28OSSi/c1-4-5-6-7-8-10-13(14)15-11-9-12-16(2)3/h16H,4-12H2,1-3H3. The average molecular weight is 261 g/mol. The first-order valence-electron chi connectivity index (χ1n) is 6.82. The molecule has 0 aromatic carbocycles. The summed E-state index contributed by atoms with van der Waals surface area (Å²) in [5.41, 5.74) is 0. The molecule has 0 saturated heterocycles. The Balaban J connectivity index is 3.18. The summed E-state index contributed by atoms with van der Waals surface area (Å²) in [4.78, 5) is 11.5. The van der Waals surface area contributed by atoms with E-state index in [1.807, 2.05) is 0 Å². The lowest BCUT2D eigenvalue weighted by Crippen LogP contribution is -2.00. The summed E-state index contributed by atoms with van der Waals surface area (Å²) in [5, 5.41) is 0.418. The van der Waals surface area contributed by atoms with E-state index in [4.69, 9.17) is 0 Å². The summed E-state index contributed by atoms with van der Waals surface area (Å²) >= 11 is 1.57. The fourth-order valence-electron chi connectivity index (χ4n) is 1.62. The van der Waals surface area contributed by atoms with Crippen molar-refractivity contribution >= 4 is 25.7 Å². The van der Waals surface area contributed by atoms with Gasteiger partial charge in [0.25, 0.3) is 0 Å². The molecule has 3 heteroatoms. The molecule has 0 aliphatic rings. The van der Waals surface area contributed by atoms with Crippen LogP contribution in [-0.2, 0) is 4.79 Å². The number of hydrogen-bond donors (Lipinski definition) is 0. The van der Waals surface area contributed by atoms with Crippen LogP contribution in [0.1, 0.15) is 51.9 Å². The Bertz CT molecular complexity index is 171. The molecular weight excluding hydrogens is 232 g/mol. The quantitative estimate of drug-likeness (QED) is 0.425. The zero-order valence-corrected chi connectivity index (χ0v) is 13.2. The van der Waals surface area contributed by atoms with Crippen molar-refractivity contribution in [2.45, 2.75) is 71.0 Å². The molecule has 0 atom stereocenters. The van der Waals surface area contributed by atoms with E-state index in [0.29, 0.717) is 5.12 Å². The highest BCUT2D eigenvalue weighted by Crippen LogP contribution is 2.13. The van der Waals surface area contributed by atoms with Crippen molar-refractivity contribution in [1.82, 2.24) is 0 Å². The van der Waals surface area contributed by atoms with Gasteiger partial charge in [-0.2, -0.15) is 0 Å². The number of thioether (sulfide) groups is 1. The Hall–Kier alpha value is 0.237. The van der Waals surface area contributed by atoms with Crippen LogP contribution in [0.3, 0.4) is 0 Å². The van der Waals surface area contributed by atoms with E-state index in [1.54, 1.807) is 11.8 Å². The molecule has 96 valence electrons. The van der Waals surface area contributed by atoms with Gasteiger partial charge in [-0.1, -0.05) is 63.5 Å². The van der Waals surface area contributed by atoms with Crippen molar-refractivity contribution in [3.8, 4) is 0 Å². The largest absolute Gasteiger partial charge is 0.287 e. The molecule has 16 heavy (non-hydrogen) atoms. The number of carbonyl (C=O) groups is 1. The molecule has 0 amide bonds. The maximum absolute atomic E-state index is 11.5. The van der Waals surface area contributed by atoms with Crippen LogP contribution in [0.5, 0.6) is 0 Å². The number of rotatable bonds is 10. The molecule has 0 rings (SSSR count). The third kappa shape index (κ3) is 12.3. The summed E-state index contributed by atoms with van der Waals surface area (Å²) in [6, 6.07) is 1.39. The van der Waals surface area contributed by atoms with E-state index in [2.05, 4.69) is 20.0 Å². The van der Waals surface area contributed by atoms with Crippen LogP contribution < -0.4 is 0 Å². The second kappa shape index (κ2) is 11.7. The Kier molecular flexibility index (Phi) is 11.9. The van der Waals surface area contributed by atoms with Crippen LogP contribution in [0, 0.1) is 0 Å². The van der Waals surface area contributed by atoms with Gasteiger partial charge in [0, 0.05) is 21.0 Å². The summed E-state index contributed by atoms with van der Waals surface area (Å²) in [6.45, 7) is 6.97. The molecule has 0 N–H and O–H groups in total. The van der Waals surface area contributed by atoms with E-state index < -0.39 is 8.80 Å². The number of unbranched alkanes of at least 4 members (excludes halogenated alkanes) is 4. The second-order valence-corrected chi connectivity index (χ2v) is 9.44. The van der Waals surface area contributed by atoms with Gasteiger partial charge in [-0.15, -0.1) is 0 Å². The molecule has 0 aromatic heterocycles. The van der Waals surface area contributed by atoms with Crippen LogP contribution in [0.2, 0.25) is 19.1 Å². The first-order chi connectivity index (χ1) is 7.66. The van der Waals surface area contributed by atoms with Crippen molar-refractivity contribution in [3.63, 3.8) is 0 Å². The monoisotopic (exact) mass is 260 g/mol. The van der Waals surface area contributed by atoms with Gasteiger partial charge in [-0.05, 0) is 12.8 Å². The van der Waals surface area contributed by atoms with Gasteiger partial charge in [-0.3, -0.25) is 4.79 Å². The van der Waals surface area contributed by atoms with Gasteiger partial charge in [0.05, 0.1) is 0 Å². The second-order valence-electron chi connectivity index (χ2n) is 4.92. The SMILES string of the molecule is CCCCCCCC(=O)SCCC[SiH](C)C. The van der Waals surface area contributed by atoms with Crippen molar-refractivity contribution in [2.24, 2.45) is 0 Å². The molecule has 1 nitrogen and oxygen atoms in total. The highest BCUT2D eigenvalue weighted by molar-refractivity contribution is 8.13. The van der Waals surface area contributed by atoms with Crippen molar-refractivity contribution in [1.29, 1.82) is 0 Å². The zero-order chi connectivity index (χ0) is 12.2. The van der Waals surface area contributed by atoms with Crippen molar-refractivity contribution in [2.75, 3.05) is 5.75 Å². The van der Waals surface area contributed by atoms with Gasteiger partial charge in [-0.25, -0.2) is 0 Å². The normalized spacial score (nSPS) is 11.0. The molecule has 0 aromatic rings. The minimum Gasteiger partial charge on any atom is -0.287 e.